The van der Waals surface area contributed by atoms with Gasteiger partial charge in [-0.3, -0.25) is 0 Å². The summed E-state index contributed by atoms with van der Waals surface area (Å²) in [6, 6.07) is 3.80. The number of aromatic amines is 1. The van der Waals surface area contributed by atoms with Crippen LogP contribution in [0, 0.1) is 0 Å². The van der Waals surface area contributed by atoms with E-state index in [-0.39, 0.29) is 9.92 Å². The molecule has 3 rings (SSSR count). The minimum atomic E-state index is -3.93. The van der Waals surface area contributed by atoms with E-state index >= 15 is 0 Å². The molecule has 0 aliphatic carbocycles. The van der Waals surface area contributed by atoms with Crippen LogP contribution in [0.25, 0.3) is 11.0 Å². The van der Waals surface area contributed by atoms with Crippen LogP contribution in [0.15, 0.2) is 46.2 Å². The van der Waals surface area contributed by atoms with Crippen LogP contribution in [0.4, 0.5) is 0 Å². The number of furan rings is 1. The average Bonchev–Trinajstić information content (AvgIpc) is 3.14. The summed E-state index contributed by atoms with van der Waals surface area (Å²) in [6.45, 7) is -0.443. The molecule has 0 saturated heterocycles. The molecular weight excluding hydrogens is 330 g/mol. The van der Waals surface area contributed by atoms with Crippen molar-refractivity contribution in [2.45, 2.75) is 10.9 Å². The number of aliphatic hydroxyl groups excluding tert-OH is 1. The Balaban J connectivity index is 2.02. The number of aliphatic hydroxyl groups is 1. The van der Waals surface area contributed by atoms with Gasteiger partial charge < -0.3 is 14.5 Å². The van der Waals surface area contributed by atoms with Crippen LogP contribution in [-0.2, 0) is 10.0 Å². The van der Waals surface area contributed by atoms with Crippen LogP contribution < -0.4 is 4.72 Å². The number of H-pyrrole nitrogens is 1. The minimum absolute atomic E-state index is 0.0365. The lowest BCUT2D eigenvalue weighted by atomic mass is 10.2. The zero-order valence-corrected chi connectivity index (χ0v) is 12.7. The van der Waals surface area contributed by atoms with Gasteiger partial charge >= 0.3 is 0 Å². The highest BCUT2D eigenvalue weighted by Gasteiger charge is 2.26. The standard InChI is InChI=1S/C13H12ClN3O4S/c14-8-3-4-15-13-12(8)11(6-16-13)22(19,20)17-9(7-18)10-2-1-5-21-10/h1-6,9,17-18H,7H2,(H,15,16). The van der Waals surface area contributed by atoms with Crippen molar-refractivity contribution in [2.75, 3.05) is 6.61 Å². The van der Waals surface area contributed by atoms with E-state index in [0.29, 0.717) is 16.8 Å². The Labute approximate surface area is 131 Å². The number of rotatable bonds is 5. The van der Waals surface area contributed by atoms with Crippen molar-refractivity contribution in [3.05, 3.63) is 47.6 Å². The van der Waals surface area contributed by atoms with Crippen molar-refractivity contribution in [3.63, 3.8) is 0 Å². The maximum atomic E-state index is 12.6. The molecule has 0 aromatic carbocycles. The number of hydrogen-bond donors (Lipinski definition) is 3. The molecule has 22 heavy (non-hydrogen) atoms. The monoisotopic (exact) mass is 341 g/mol. The molecule has 7 nitrogen and oxygen atoms in total. The van der Waals surface area contributed by atoms with Crippen molar-refractivity contribution in [2.24, 2.45) is 0 Å². The second kappa shape index (κ2) is 5.73. The molecule has 1 unspecified atom stereocenters. The summed E-state index contributed by atoms with van der Waals surface area (Å²) < 4.78 is 32.6. The first-order chi connectivity index (χ1) is 10.5. The van der Waals surface area contributed by atoms with Crippen molar-refractivity contribution in [1.29, 1.82) is 0 Å². The van der Waals surface area contributed by atoms with Gasteiger partial charge in [-0.25, -0.2) is 13.4 Å². The number of aromatic nitrogens is 2. The van der Waals surface area contributed by atoms with Gasteiger partial charge in [-0.2, -0.15) is 4.72 Å². The fourth-order valence-corrected chi connectivity index (χ4v) is 3.81. The maximum absolute atomic E-state index is 12.6. The van der Waals surface area contributed by atoms with Gasteiger partial charge in [-0.1, -0.05) is 11.6 Å². The lowest BCUT2D eigenvalue weighted by Gasteiger charge is -2.13. The number of nitrogens with one attached hydrogen (secondary N) is 2. The number of nitrogens with zero attached hydrogens (tertiary/aromatic N) is 1. The van der Waals surface area contributed by atoms with Crippen molar-refractivity contribution in [3.8, 4) is 0 Å². The van der Waals surface area contributed by atoms with Crippen molar-refractivity contribution < 1.29 is 17.9 Å². The normalized spacial score (nSPS) is 13.5. The SMILES string of the molecule is O=S(=O)(NC(CO)c1ccco1)c1c[nH]c2nccc(Cl)c12. The molecule has 9 heteroatoms. The van der Waals surface area contributed by atoms with Crippen LogP contribution in [-0.4, -0.2) is 30.1 Å². The average molecular weight is 342 g/mol. The molecule has 0 aliphatic heterocycles. The molecule has 3 heterocycles. The van der Waals surface area contributed by atoms with Gasteiger partial charge in [0.25, 0.3) is 0 Å². The van der Waals surface area contributed by atoms with E-state index in [9.17, 15) is 13.5 Å². The third-order valence-electron chi connectivity index (χ3n) is 3.14. The summed E-state index contributed by atoms with van der Waals surface area (Å²) in [7, 11) is -3.93. The lowest BCUT2D eigenvalue weighted by molar-refractivity contribution is 0.242. The summed E-state index contributed by atoms with van der Waals surface area (Å²) >= 11 is 6.06. The van der Waals surface area contributed by atoms with Gasteiger partial charge in [-0.05, 0) is 18.2 Å². The maximum Gasteiger partial charge on any atom is 0.243 e. The van der Waals surface area contributed by atoms with Gasteiger partial charge in [-0.15, -0.1) is 0 Å². The molecule has 116 valence electrons. The fourth-order valence-electron chi connectivity index (χ4n) is 2.13. The Kier molecular flexibility index (Phi) is 3.92. The summed E-state index contributed by atoms with van der Waals surface area (Å²) in [5.74, 6) is 0.315. The van der Waals surface area contributed by atoms with Gasteiger partial charge in [0.2, 0.25) is 10.0 Å². The zero-order valence-electron chi connectivity index (χ0n) is 11.2. The molecule has 0 amide bonds. The van der Waals surface area contributed by atoms with E-state index in [0.717, 1.165) is 0 Å². The first kappa shape index (κ1) is 15.0. The molecule has 0 aliphatic rings. The second-order valence-electron chi connectivity index (χ2n) is 4.54. The van der Waals surface area contributed by atoms with Crippen LogP contribution in [0.1, 0.15) is 11.8 Å². The molecule has 0 radical (unpaired) electrons. The quantitative estimate of drug-likeness (QED) is 0.656. The molecule has 0 saturated carbocycles. The van der Waals surface area contributed by atoms with E-state index in [1.165, 1.54) is 24.7 Å². The van der Waals surface area contributed by atoms with E-state index < -0.39 is 22.7 Å². The van der Waals surface area contributed by atoms with E-state index in [4.69, 9.17) is 16.0 Å². The smallest absolute Gasteiger partial charge is 0.243 e. The second-order valence-corrected chi connectivity index (χ2v) is 6.63. The summed E-state index contributed by atoms with van der Waals surface area (Å²) in [5.41, 5.74) is 0.367. The highest BCUT2D eigenvalue weighted by molar-refractivity contribution is 7.89. The Bertz CT molecular complexity index is 889. The van der Waals surface area contributed by atoms with E-state index in [1.54, 1.807) is 12.1 Å². The number of pyridine rings is 1. The van der Waals surface area contributed by atoms with E-state index in [1.807, 2.05) is 0 Å². The Morgan fingerprint density at radius 1 is 1.45 bits per heavy atom. The van der Waals surface area contributed by atoms with Gasteiger partial charge in [0.1, 0.15) is 22.3 Å². The van der Waals surface area contributed by atoms with Gasteiger partial charge in [0.05, 0.1) is 23.3 Å². The van der Waals surface area contributed by atoms with Gasteiger partial charge in [0.15, 0.2) is 0 Å². The largest absolute Gasteiger partial charge is 0.468 e. The molecule has 0 fully saturated rings. The molecule has 3 aromatic rings. The van der Waals surface area contributed by atoms with Crippen LogP contribution in [0.3, 0.4) is 0 Å². The third-order valence-corrected chi connectivity index (χ3v) is 4.95. The summed E-state index contributed by atoms with van der Waals surface area (Å²) in [6.07, 6.45) is 4.19. The van der Waals surface area contributed by atoms with Crippen LogP contribution in [0.5, 0.6) is 0 Å². The molecule has 3 N–H and O–H groups in total. The molecule has 1 atom stereocenters. The molecular formula is C13H12ClN3O4S. The predicted molar refractivity (Wildman–Crippen MR) is 80.0 cm³/mol. The Morgan fingerprint density at radius 3 is 2.95 bits per heavy atom. The fraction of sp³-hybridized carbons (Fsp3) is 0.154. The minimum Gasteiger partial charge on any atom is -0.468 e. The first-order valence-corrected chi connectivity index (χ1v) is 8.17. The summed E-state index contributed by atoms with van der Waals surface area (Å²) in [5, 5.41) is 9.96. The van der Waals surface area contributed by atoms with Crippen molar-refractivity contribution >= 4 is 32.7 Å². The summed E-state index contributed by atoms with van der Waals surface area (Å²) in [4.78, 5) is 6.75. The number of hydrogen-bond acceptors (Lipinski definition) is 5. The first-order valence-electron chi connectivity index (χ1n) is 6.31. The molecule has 0 bridgehead atoms. The number of fused-ring (bicyclic) bond motifs is 1. The lowest BCUT2D eigenvalue weighted by Crippen LogP contribution is -2.30. The zero-order chi connectivity index (χ0) is 15.7. The highest BCUT2D eigenvalue weighted by atomic mass is 35.5. The topological polar surface area (TPSA) is 108 Å². The van der Waals surface area contributed by atoms with Gasteiger partial charge in [0, 0.05) is 12.4 Å². The Morgan fingerprint density at radius 2 is 2.27 bits per heavy atom. The Hall–Kier alpha value is -1.87. The molecule has 3 aromatic heterocycles. The van der Waals surface area contributed by atoms with E-state index in [2.05, 4.69) is 14.7 Å². The predicted octanol–water partition coefficient (Wildman–Crippen LogP) is 1.82. The number of sulfonamides is 1. The van der Waals surface area contributed by atoms with Crippen molar-refractivity contribution in [1.82, 2.24) is 14.7 Å². The van der Waals surface area contributed by atoms with Crippen LogP contribution in [0.2, 0.25) is 5.02 Å². The number of halogens is 1. The molecule has 0 spiro atoms. The van der Waals surface area contributed by atoms with Crippen LogP contribution >= 0.6 is 11.6 Å². The third kappa shape index (κ3) is 2.61. The highest BCUT2D eigenvalue weighted by Crippen LogP contribution is 2.29.